The number of pyridine rings is 1. The Bertz CT molecular complexity index is 1220. The standard InChI is InChI=1S/C28H28N2O5/c1-3-16-35-23-7-5-6-21(17-23)26(31)24-25(20-8-10-22(11-9-20)34-4-2)30(28(33)27(24)32)18-19-12-14-29-15-13-19/h5-15,17,25,31H,3-4,16,18H2,1-2H3/b26-24+. The van der Waals surface area contributed by atoms with E-state index < -0.39 is 17.7 Å². The van der Waals surface area contributed by atoms with E-state index in [4.69, 9.17) is 9.47 Å². The molecule has 7 heteroatoms. The zero-order valence-electron chi connectivity index (χ0n) is 19.8. The first-order valence-electron chi connectivity index (χ1n) is 11.7. The van der Waals surface area contributed by atoms with E-state index >= 15 is 0 Å². The van der Waals surface area contributed by atoms with Crippen LogP contribution < -0.4 is 9.47 Å². The van der Waals surface area contributed by atoms with Crippen LogP contribution in [0.5, 0.6) is 11.5 Å². The van der Waals surface area contributed by atoms with Crippen molar-refractivity contribution in [3.8, 4) is 11.5 Å². The SMILES string of the molecule is CCCOc1cccc(/C(O)=C2\C(=O)C(=O)N(Cc3ccncc3)C2c2ccc(OCC)cc2)c1. The number of aliphatic hydroxyl groups excluding tert-OH is 1. The van der Waals surface area contributed by atoms with Gasteiger partial charge in [-0.25, -0.2) is 0 Å². The third-order valence-electron chi connectivity index (χ3n) is 5.73. The number of carbonyl (C=O) groups is 2. The largest absolute Gasteiger partial charge is 0.507 e. The van der Waals surface area contributed by atoms with Gasteiger partial charge in [0.15, 0.2) is 0 Å². The fraction of sp³-hybridized carbons (Fsp3) is 0.250. The number of hydrogen-bond acceptors (Lipinski definition) is 6. The van der Waals surface area contributed by atoms with Gasteiger partial charge in [-0.2, -0.15) is 0 Å². The molecule has 2 heterocycles. The lowest BCUT2D eigenvalue weighted by molar-refractivity contribution is -0.140. The highest BCUT2D eigenvalue weighted by Gasteiger charge is 2.46. The van der Waals surface area contributed by atoms with Gasteiger partial charge in [-0.05, 0) is 60.9 Å². The van der Waals surface area contributed by atoms with E-state index in [1.54, 1.807) is 60.9 Å². The molecule has 180 valence electrons. The minimum Gasteiger partial charge on any atom is -0.507 e. The van der Waals surface area contributed by atoms with Gasteiger partial charge in [0, 0.05) is 24.5 Å². The van der Waals surface area contributed by atoms with Crippen LogP contribution in [0.25, 0.3) is 5.76 Å². The molecule has 1 atom stereocenters. The second kappa shape index (κ2) is 10.9. The van der Waals surface area contributed by atoms with Crippen LogP contribution in [0.3, 0.4) is 0 Å². The van der Waals surface area contributed by atoms with E-state index in [1.165, 1.54) is 4.90 Å². The Morgan fingerprint density at radius 1 is 0.971 bits per heavy atom. The van der Waals surface area contributed by atoms with E-state index in [1.807, 2.05) is 26.0 Å². The predicted octanol–water partition coefficient (Wildman–Crippen LogP) is 4.89. The third kappa shape index (κ3) is 5.19. The lowest BCUT2D eigenvalue weighted by Crippen LogP contribution is -2.29. The summed E-state index contributed by atoms with van der Waals surface area (Å²) in [5, 5.41) is 11.3. The average Bonchev–Trinajstić information content (AvgIpc) is 3.13. The molecule has 1 unspecified atom stereocenters. The monoisotopic (exact) mass is 472 g/mol. The number of ketones is 1. The zero-order valence-corrected chi connectivity index (χ0v) is 19.8. The molecule has 0 spiro atoms. The summed E-state index contributed by atoms with van der Waals surface area (Å²) in [4.78, 5) is 31.9. The molecule has 7 nitrogen and oxygen atoms in total. The van der Waals surface area contributed by atoms with Crippen molar-refractivity contribution >= 4 is 17.4 Å². The average molecular weight is 473 g/mol. The fourth-order valence-corrected chi connectivity index (χ4v) is 4.10. The maximum Gasteiger partial charge on any atom is 0.295 e. The van der Waals surface area contributed by atoms with Crippen molar-refractivity contribution < 1.29 is 24.2 Å². The van der Waals surface area contributed by atoms with Crippen molar-refractivity contribution in [2.24, 2.45) is 0 Å². The van der Waals surface area contributed by atoms with Crippen LogP contribution in [0, 0.1) is 0 Å². The molecule has 1 amide bonds. The molecular formula is C28H28N2O5. The van der Waals surface area contributed by atoms with Gasteiger partial charge in [-0.15, -0.1) is 0 Å². The van der Waals surface area contributed by atoms with E-state index in [-0.39, 0.29) is 17.9 Å². The van der Waals surface area contributed by atoms with Crippen LogP contribution >= 0.6 is 0 Å². The number of ether oxygens (including phenoxy) is 2. The maximum absolute atomic E-state index is 13.3. The van der Waals surface area contributed by atoms with Crippen molar-refractivity contribution in [2.75, 3.05) is 13.2 Å². The summed E-state index contributed by atoms with van der Waals surface area (Å²) >= 11 is 0. The number of rotatable bonds is 9. The molecule has 1 saturated heterocycles. The van der Waals surface area contributed by atoms with Crippen LogP contribution in [0.15, 0.2) is 78.6 Å². The smallest absolute Gasteiger partial charge is 0.295 e. The van der Waals surface area contributed by atoms with Gasteiger partial charge in [0.2, 0.25) is 0 Å². The van der Waals surface area contributed by atoms with Gasteiger partial charge < -0.3 is 19.5 Å². The molecule has 1 aliphatic rings. The Balaban J connectivity index is 1.80. The fourth-order valence-electron chi connectivity index (χ4n) is 4.10. The van der Waals surface area contributed by atoms with Crippen LogP contribution in [0.4, 0.5) is 0 Å². The van der Waals surface area contributed by atoms with Crippen LogP contribution in [-0.2, 0) is 16.1 Å². The summed E-state index contributed by atoms with van der Waals surface area (Å²) < 4.78 is 11.2. The summed E-state index contributed by atoms with van der Waals surface area (Å²) in [5.74, 6) is -0.361. The maximum atomic E-state index is 13.3. The van der Waals surface area contributed by atoms with E-state index in [9.17, 15) is 14.7 Å². The van der Waals surface area contributed by atoms with Gasteiger partial charge in [0.25, 0.3) is 11.7 Å². The number of nitrogens with zero attached hydrogens (tertiary/aromatic N) is 2. The highest BCUT2D eigenvalue weighted by Crippen LogP contribution is 2.41. The second-order valence-electron chi connectivity index (χ2n) is 8.16. The summed E-state index contributed by atoms with van der Waals surface area (Å²) in [6, 6.07) is 17.0. The zero-order chi connectivity index (χ0) is 24.8. The summed E-state index contributed by atoms with van der Waals surface area (Å²) in [6.45, 7) is 5.16. The third-order valence-corrected chi connectivity index (χ3v) is 5.73. The molecule has 0 saturated carbocycles. The van der Waals surface area contributed by atoms with Crippen LogP contribution in [0.2, 0.25) is 0 Å². The minimum atomic E-state index is -0.765. The van der Waals surface area contributed by atoms with E-state index in [0.29, 0.717) is 35.8 Å². The normalized spacial score (nSPS) is 17.0. The minimum absolute atomic E-state index is 0.0425. The van der Waals surface area contributed by atoms with Gasteiger partial charge in [0.05, 0.1) is 24.8 Å². The van der Waals surface area contributed by atoms with Crippen molar-refractivity contribution in [3.05, 3.63) is 95.3 Å². The summed E-state index contributed by atoms with van der Waals surface area (Å²) in [7, 11) is 0. The lowest BCUT2D eigenvalue weighted by atomic mass is 9.95. The first-order valence-corrected chi connectivity index (χ1v) is 11.7. The van der Waals surface area contributed by atoms with E-state index in [0.717, 1.165) is 12.0 Å². The quantitative estimate of drug-likeness (QED) is 0.271. The molecule has 3 aromatic rings. The molecule has 4 rings (SSSR count). The Morgan fingerprint density at radius 2 is 1.71 bits per heavy atom. The molecule has 1 aromatic heterocycles. The van der Waals surface area contributed by atoms with E-state index in [2.05, 4.69) is 4.98 Å². The highest BCUT2D eigenvalue weighted by molar-refractivity contribution is 6.46. The molecule has 0 radical (unpaired) electrons. The molecule has 1 N–H and O–H groups in total. The summed E-state index contributed by atoms with van der Waals surface area (Å²) in [6.07, 6.45) is 4.12. The van der Waals surface area contributed by atoms with Gasteiger partial charge in [0.1, 0.15) is 17.3 Å². The number of amides is 1. The Hall–Kier alpha value is -4.13. The molecule has 1 fully saturated rings. The number of benzene rings is 2. The van der Waals surface area contributed by atoms with Crippen molar-refractivity contribution in [1.29, 1.82) is 0 Å². The predicted molar refractivity (Wildman–Crippen MR) is 132 cm³/mol. The lowest BCUT2D eigenvalue weighted by Gasteiger charge is -2.25. The Labute approximate surface area is 204 Å². The second-order valence-corrected chi connectivity index (χ2v) is 8.16. The molecule has 0 aliphatic carbocycles. The van der Waals surface area contributed by atoms with Gasteiger partial charge in [-0.3, -0.25) is 14.6 Å². The van der Waals surface area contributed by atoms with Crippen molar-refractivity contribution in [3.63, 3.8) is 0 Å². The van der Waals surface area contributed by atoms with Gasteiger partial charge in [-0.1, -0.05) is 31.2 Å². The van der Waals surface area contributed by atoms with Gasteiger partial charge >= 0.3 is 0 Å². The number of hydrogen-bond donors (Lipinski definition) is 1. The molecular weight excluding hydrogens is 444 g/mol. The first kappa shape index (κ1) is 24.0. The Kier molecular flexibility index (Phi) is 7.45. The number of aromatic nitrogens is 1. The molecule has 2 aromatic carbocycles. The van der Waals surface area contributed by atoms with Crippen molar-refractivity contribution in [2.45, 2.75) is 32.9 Å². The first-order chi connectivity index (χ1) is 17.0. The highest BCUT2D eigenvalue weighted by atomic mass is 16.5. The van der Waals surface area contributed by atoms with Crippen LogP contribution in [-0.4, -0.2) is 39.9 Å². The van der Waals surface area contributed by atoms with Crippen molar-refractivity contribution in [1.82, 2.24) is 9.88 Å². The topological polar surface area (TPSA) is 89.0 Å². The number of carbonyl (C=O) groups excluding carboxylic acids is 2. The molecule has 35 heavy (non-hydrogen) atoms. The molecule has 1 aliphatic heterocycles. The Morgan fingerprint density at radius 3 is 2.40 bits per heavy atom. The number of likely N-dealkylation sites (tertiary alicyclic amines) is 1. The summed E-state index contributed by atoms with van der Waals surface area (Å²) in [5.41, 5.74) is 1.98. The molecule has 0 bridgehead atoms. The number of Topliss-reactive ketones (excluding diaryl/α,β-unsaturated/α-hetero) is 1. The van der Waals surface area contributed by atoms with Crippen LogP contribution in [0.1, 0.15) is 43.0 Å². The number of aliphatic hydroxyl groups is 1.